The maximum Gasteiger partial charge on any atom is 0.416 e. The van der Waals surface area contributed by atoms with Gasteiger partial charge in [-0.05, 0) is 62.4 Å². The Labute approximate surface area is 187 Å². The van der Waals surface area contributed by atoms with Gasteiger partial charge in [-0.15, -0.1) is 0 Å². The van der Waals surface area contributed by atoms with Gasteiger partial charge in [-0.2, -0.15) is 18.3 Å². The Kier molecular flexibility index (Phi) is 7.15. The molecule has 0 radical (unpaired) electrons. The Morgan fingerprint density at radius 3 is 2.15 bits per heavy atom. The van der Waals surface area contributed by atoms with Crippen molar-refractivity contribution in [2.24, 2.45) is 0 Å². The third-order valence-electron chi connectivity index (χ3n) is 5.06. The van der Waals surface area contributed by atoms with E-state index < -0.39 is 17.6 Å². The summed E-state index contributed by atoms with van der Waals surface area (Å²) < 4.78 is 52.6. The van der Waals surface area contributed by atoms with Crippen LogP contribution in [0.1, 0.15) is 32.9 Å². The van der Waals surface area contributed by atoms with Crippen LogP contribution in [0.5, 0.6) is 0 Å². The van der Waals surface area contributed by atoms with Crippen molar-refractivity contribution in [1.29, 1.82) is 0 Å². The van der Waals surface area contributed by atoms with Crippen LogP contribution < -0.4 is 10.6 Å². The number of hydrogen-bond acceptors (Lipinski definition) is 3. The van der Waals surface area contributed by atoms with E-state index in [1.165, 1.54) is 12.1 Å². The van der Waals surface area contributed by atoms with Crippen molar-refractivity contribution in [1.82, 2.24) is 20.4 Å². The number of carbonyl (C=O) groups is 2. The number of hydrogen-bond donors (Lipinski definition) is 2. The fraction of sp³-hybridized carbons (Fsp3) is 0.261. The molecule has 3 aromatic rings. The van der Waals surface area contributed by atoms with Crippen molar-refractivity contribution in [3.8, 4) is 5.69 Å². The number of amides is 2. The second-order valence-corrected chi connectivity index (χ2v) is 7.40. The summed E-state index contributed by atoms with van der Waals surface area (Å²) in [5.74, 6) is -1.17. The average molecular weight is 462 g/mol. The number of aryl methyl sites for hydroxylation is 1. The molecule has 0 saturated heterocycles. The minimum atomic E-state index is -4.47. The molecule has 2 aromatic carbocycles. The monoisotopic (exact) mass is 462 g/mol. The molecule has 0 aliphatic heterocycles. The smallest absolute Gasteiger partial charge is 0.354 e. The van der Waals surface area contributed by atoms with E-state index in [-0.39, 0.29) is 36.8 Å². The molecule has 0 spiro atoms. The Bertz CT molecular complexity index is 1140. The molecule has 6 nitrogen and oxygen atoms in total. The molecule has 0 saturated carbocycles. The summed E-state index contributed by atoms with van der Waals surface area (Å²) in [6, 6.07) is 9.73. The van der Waals surface area contributed by atoms with E-state index >= 15 is 0 Å². The molecule has 174 valence electrons. The summed E-state index contributed by atoms with van der Waals surface area (Å²) in [4.78, 5) is 24.4. The van der Waals surface area contributed by atoms with Crippen LogP contribution in [0, 0.1) is 19.7 Å². The van der Waals surface area contributed by atoms with Crippen LogP contribution in [-0.4, -0.2) is 34.7 Å². The van der Waals surface area contributed by atoms with Gasteiger partial charge < -0.3 is 10.6 Å². The van der Waals surface area contributed by atoms with Crippen molar-refractivity contribution in [3.63, 3.8) is 0 Å². The zero-order valence-electron chi connectivity index (χ0n) is 18.0. The molecule has 3 rings (SSSR count). The molecule has 0 fully saturated rings. The summed E-state index contributed by atoms with van der Waals surface area (Å²) in [5.41, 5.74) is 2.10. The van der Waals surface area contributed by atoms with E-state index in [0.717, 1.165) is 35.5 Å². The van der Waals surface area contributed by atoms with Gasteiger partial charge in [0.05, 0.1) is 23.4 Å². The first-order valence-electron chi connectivity index (χ1n) is 10.1. The van der Waals surface area contributed by atoms with Gasteiger partial charge in [-0.25, -0.2) is 9.07 Å². The first kappa shape index (κ1) is 24.0. The van der Waals surface area contributed by atoms with Gasteiger partial charge in [0.25, 0.3) is 5.91 Å². The molecule has 0 unspecified atom stereocenters. The first-order valence-corrected chi connectivity index (χ1v) is 10.1. The largest absolute Gasteiger partial charge is 0.416 e. The van der Waals surface area contributed by atoms with Crippen molar-refractivity contribution >= 4 is 11.8 Å². The standard InChI is InChI=1S/C23H22F4N4O2/c1-14-20(15(2)31(30-14)19-9-7-18(24)8-10-19)13-21(32)28-11-12-29-22(33)16-3-5-17(6-4-16)23(25,26)27/h3-10H,11-13H2,1-2H3,(H,28,32)(H,29,33). The van der Waals surface area contributed by atoms with Crippen molar-refractivity contribution in [3.05, 3.63) is 82.4 Å². The lowest BCUT2D eigenvalue weighted by Crippen LogP contribution is -2.35. The van der Waals surface area contributed by atoms with Crippen molar-refractivity contribution in [2.45, 2.75) is 26.4 Å². The highest BCUT2D eigenvalue weighted by molar-refractivity contribution is 5.94. The molecule has 2 N–H and O–H groups in total. The van der Waals surface area contributed by atoms with Crippen LogP contribution in [-0.2, 0) is 17.4 Å². The molecular formula is C23H22F4N4O2. The van der Waals surface area contributed by atoms with Crippen LogP contribution in [0.4, 0.5) is 17.6 Å². The van der Waals surface area contributed by atoms with Gasteiger partial charge in [0, 0.05) is 29.9 Å². The lowest BCUT2D eigenvalue weighted by atomic mass is 10.1. The van der Waals surface area contributed by atoms with Gasteiger partial charge in [-0.1, -0.05) is 0 Å². The third-order valence-corrected chi connectivity index (χ3v) is 5.06. The molecular weight excluding hydrogens is 440 g/mol. The lowest BCUT2D eigenvalue weighted by molar-refractivity contribution is -0.137. The predicted octanol–water partition coefficient (Wildman–Crippen LogP) is 3.74. The average Bonchev–Trinajstić information content (AvgIpc) is 3.05. The normalized spacial score (nSPS) is 11.3. The molecule has 1 heterocycles. The Morgan fingerprint density at radius 1 is 0.939 bits per heavy atom. The van der Waals surface area contributed by atoms with Gasteiger partial charge in [-0.3, -0.25) is 9.59 Å². The van der Waals surface area contributed by atoms with Crippen LogP contribution in [0.25, 0.3) is 5.69 Å². The fourth-order valence-corrected chi connectivity index (χ4v) is 3.28. The van der Waals surface area contributed by atoms with Crippen molar-refractivity contribution in [2.75, 3.05) is 13.1 Å². The van der Waals surface area contributed by atoms with E-state index in [0.29, 0.717) is 11.4 Å². The van der Waals surface area contributed by atoms with Crippen LogP contribution >= 0.6 is 0 Å². The number of nitrogens with one attached hydrogen (secondary N) is 2. The predicted molar refractivity (Wildman–Crippen MR) is 113 cm³/mol. The second kappa shape index (κ2) is 9.85. The van der Waals surface area contributed by atoms with E-state index in [9.17, 15) is 27.2 Å². The van der Waals surface area contributed by atoms with Crippen LogP contribution in [0.3, 0.4) is 0 Å². The fourth-order valence-electron chi connectivity index (χ4n) is 3.28. The molecule has 0 aliphatic carbocycles. The molecule has 0 atom stereocenters. The summed E-state index contributed by atoms with van der Waals surface area (Å²) in [6.45, 7) is 3.85. The van der Waals surface area contributed by atoms with Gasteiger partial charge in [0.1, 0.15) is 5.82 Å². The topological polar surface area (TPSA) is 76.0 Å². The number of halogens is 4. The molecule has 10 heteroatoms. The Balaban J connectivity index is 1.50. The number of aromatic nitrogens is 2. The minimum absolute atomic E-state index is 0.0751. The second-order valence-electron chi connectivity index (χ2n) is 7.40. The highest BCUT2D eigenvalue weighted by Gasteiger charge is 2.30. The SMILES string of the molecule is Cc1nn(-c2ccc(F)cc2)c(C)c1CC(=O)NCCNC(=O)c1ccc(C(F)(F)F)cc1. The van der Waals surface area contributed by atoms with Crippen molar-refractivity contribution < 1.29 is 27.2 Å². The summed E-state index contributed by atoms with van der Waals surface area (Å²) >= 11 is 0. The number of alkyl halides is 3. The molecule has 1 aromatic heterocycles. The van der Waals surface area contributed by atoms with E-state index in [2.05, 4.69) is 15.7 Å². The third kappa shape index (κ3) is 5.97. The molecule has 0 aliphatic rings. The van der Waals surface area contributed by atoms with Gasteiger partial charge >= 0.3 is 6.18 Å². The summed E-state index contributed by atoms with van der Waals surface area (Å²) in [5, 5.41) is 9.66. The molecule has 33 heavy (non-hydrogen) atoms. The lowest BCUT2D eigenvalue weighted by Gasteiger charge is -2.09. The minimum Gasteiger partial charge on any atom is -0.354 e. The zero-order valence-corrected chi connectivity index (χ0v) is 18.0. The summed E-state index contributed by atoms with van der Waals surface area (Å²) in [7, 11) is 0. The van der Waals surface area contributed by atoms with Crippen LogP contribution in [0.2, 0.25) is 0 Å². The van der Waals surface area contributed by atoms with E-state index in [1.807, 2.05) is 6.92 Å². The molecule has 0 bridgehead atoms. The van der Waals surface area contributed by atoms with E-state index in [4.69, 9.17) is 0 Å². The number of rotatable bonds is 7. The van der Waals surface area contributed by atoms with Gasteiger partial charge in [0.15, 0.2) is 0 Å². The maximum atomic E-state index is 13.2. The first-order chi connectivity index (χ1) is 15.6. The zero-order chi connectivity index (χ0) is 24.2. The number of benzene rings is 2. The Morgan fingerprint density at radius 2 is 1.55 bits per heavy atom. The van der Waals surface area contributed by atoms with Gasteiger partial charge in [0.2, 0.25) is 5.91 Å². The number of carbonyl (C=O) groups excluding carboxylic acids is 2. The highest BCUT2D eigenvalue weighted by atomic mass is 19.4. The highest BCUT2D eigenvalue weighted by Crippen LogP contribution is 2.29. The van der Waals surface area contributed by atoms with Crippen LogP contribution in [0.15, 0.2) is 48.5 Å². The molecule has 2 amide bonds. The Hall–Kier alpha value is -3.69. The maximum absolute atomic E-state index is 13.2. The number of nitrogens with zero attached hydrogens (tertiary/aromatic N) is 2. The summed E-state index contributed by atoms with van der Waals surface area (Å²) in [6.07, 6.45) is -4.39. The van der Waals surface area contributed by atoms with E-state index in [1.54, 1.807) is 23.7 Å². The quantitative estimate of drug-likeness (QED) is 0.415.